The molecule has 0 fully saturated rings. The van der Waals surface area contributed by atoms with Crippen molar-refractivity contribution in [2.24, 2.45) is 5.73 Å². The van der Waals surface area contributed by atoms with Crippen molar-refractivity contribution in [3.63, 3.8) is 0 Å². The van der Waals surface area contributed by atoms with E-state index in [0.717, 1.165) is 6.54 Å². The number of amides is 1. The number of carbonyl (C=O) groups excluding carboxylic acids is 2. The number of ether oxygens (including phenoxy) is 4. The van der Waals surface area contributed by atoms with Crippen LogP contribution >= 0.6 is 0 Å². The molecule has 0 aromatic rings. The Morgan fingerprint density at radius 3 is 1.92 bits per heavy atom. The Morgan fingerprint density at radius 1 is 0.833 bits per heavy atom. The summed E-state index contributed by atoms with van der Waals surface area (Å²) >= 11 is 0. The summed E-state index contributed by atoms with van der Waals surface area (Å²) in [6.07, 6.45) is 0. The van der Waals surface area contributed by atoms with Gasteiger partial charge in [-0.05, 0) is 7.05 Å². The number of rotatable bonds is 17. The fraction of sp³-hybridized carbons (Fsp3) is 0.867. The van der Waals surface area contributed by atoms with Crippen molar-refractivity contribution in [2.45, 2.75) is 7.43 Å². The van der Waals surface area contributed by atoms with Crippen molar-refractivity contribution in [1.82, 2.24) is 10.6 Å². The van der Waals surface area contributed by atoms with E-state index in [1.54, 1.807) is 0 Å². The molecule has 0 aliphatic carbocycles. The van der Waals surface area contributed by atoms with Crippen LogP contribution in [-0.4, -0.2) is 91.2 Å². The summed E-state index contributed by atoms with van der Waals surface area (Å²) in [5.41, 5.74) is 5.11. The molecule has 4 N–H and O–H groups in total. The SMILES string of the molecule is C.CNCCOCCOCCOCCNC(=O)COCC(=O)CN. The van der Waals surface area contributed by atoms with Gasteiger partial charge in [-0.3, -0.25) is 9.59 Å². The molecule has 0 aromatic carbocycles. The Labute approximate surface area is 144 Å². The lowest BCUT2D eigenvalue weighted by atomic mass is 10.4. The van der Waals surface area contributed by atoms with E-state index >= 15 is 0 Å². The molecule has 0 rings (SSSR count). The van der Waals surface area contributed by atoms with E-state index in [9.17, 15) is 9.59 Å². The van der Waals surface area contributed by atoms with Gasteiger partial charge in [-0.2, -0.15) is 0 Å². The van der Waals surface area contributed by atoms with Crippen LogP contribution in [0.15, 0.2) is 0 Å². The molecule has 0 saturated heterocycles. The minimum atomic E-state index is -0.298. The van der Waals surface area contributed by atoms with Crippen molar-refractivity contribution in [2.75, 3.05) is 79.5 Å². The average Bonchev–Trinajstić information content (AvgIpc) is 2.55. The van der Waals surface area contributed by atoms with Crippen molar-refractivity contribution in [3.8, 4) is 0 Å². The van der Waals surface area contributed by atoms with E-state index in [1.807, 2.05) is 7.05 Å². The van der Waals surface area contributed by atoms with Gasteiger partial charge in [-0.1, -0.05) is 7.43 Å². The minimum Gasteiger partial charge on any atom is -0.378 e. The van der Waals surface area contributed by atoms with Crippen molar-refractivity contribution < 1.29 is 28.5 Å². The molecule has 0 unspecified atom stereocenters. The van der Waals surface area contributed by atoms with Gasteiger partial charge in [0.15, 0.2) is 5.78 Å². The van der Waals surface area contributed by atoms with Crippen LogP contribution in [0.4, 0.5) is 0 Å². The second kappa shape index (κ2) is 19.9. The van der Waals surface area contributed by atoms with E-state index in [-0.39, 0.29) is 38.9 Å². The molecule has 0 saturated carbocycles. The fourth-order valence-corrected chi connectivity index (χ4v) is 1.35. The van der Waals surface area contributed by atoms with Crippen LogP contribution in [0.25, 0.3) is 0 Å². The third kappa shape index (κ3) is 18.9. The van der Waals surface area contributed by atoms with Gasteiger partial charge in [0.05, 0.1) is 46.2 Å². The monoisotopic (exact) mass is 351 g/mol. The van der Waals surface area contributed by atoms with Gasteiger partial charge in [0, 0.05) is 13.1 Å². The van der Waals surface area contributed by atoms with Crippen molar-refractivity contribution in [1.29, 1.82) is 0 Å². The second-order valence-electron chi connectivity index (χ2n) is 4.53. The van der Waals surface area contributed by atoms with Crippen LogP contribution in [0, 0.1) is 0 Å². The average molecular weight is 351 g/mol. The van der Waals surface area contributed by atoms with E-state index in [4.69, 9.17) is 24.7 Å². The molecule has 9 nitrogen and oxygen atoms in total. The lowest BCUT2D eigenvalue weighted by molar-refractivity contribution is -0.129. The van der Waals surface area contributed by atoms with Gasteiger partial charge in [0.2, 0.25) is 5.91 Å². The number of likely N-dealkylation sites (N-methyl/N-ethyl adjacent to an activating group) is 1. The number of Topliss-reactive ketones (excluding diaryl/α,β-unsaturated/α-hetero) is 1. The Balaban J connectivity index is 0. The Morgan fingerprint density at radius 2 is 1.38 bits per heavy atom. The molecule has 0 aliphatic rings. The molecule has 24 heavy (non-hydrogen) atoms. The molecular formula is C15H33N3O6. The maximum absolute atomic E-state index is 11.3. The van der Waals surface area contributed by atoms with Gasteiger partial charge in [-0.25, -0.2) is 0 Å². The molecule has 0 spiro atoms. The van der Waals surface area contributed by atoms with Crippen LogP contribution in [0.5, 0.6) is 0 Å². The molecule has 0 aliphatic heterocycles. The van der Waals surface area contributed by atoms with Gasteiger partial charge < -0.3 is 35.3 Å². The predicted octanol–water partition coefficient (Wildman–Crippen LogP) is -1.45. The first-order valence-corrected chi connectivity index (χ1v) is 7.64. The normalized spacial score (nSPS) is 10.2. The summed E-state index contributed by atoms with van der Waals surface area (Å²) in [4.78, 5) is 22.2. The number of ketones is 1. The topological polar surface area (TPSA) is 121 Å². The summed E-state index contributed by atoms with van der Waals surface area (Å²) in [5.74, 6) is -0.540. The highest BCUT2D eigenvalue weighted by Crippen LogP contribution is 1.81. The molecule has 1 amide bonds. The quantitative estimate of drug-likeness (QED) is 0.272. The lowest BCUT2D eigenvalue weighted by Gasteiger charge is -2.08. The van der Waals surface area contributed by atoms with Crippen LogP contribution < -0.4 is 16.4 Å². The van der Waals surface area contributed by atoms with Gasteiger partial charge >= 0.3 is 0 Å². The highest BCUT2D eigenvalue weighted by atomic mass is 16.5. The minimum absolute atomic E-state index is 0. The molecule has 0 bridgehead atoms. The first-order chi connectivity index (χ1) is 11.2. The predicted molar refractivity (Wildman–Crippen MR) is 91.0 cm³/mol. The third-order valence-electron chi connectivity index (χ3n) is 2.53. The first-order valence-electron chi connectivity index (χ1n) is 7.64. The summed E-state index contributed by atoms with van der Waals surface area (Å²) in [5, 5.41) is 5.59. The van der Waals surface area contributed by atoms with Crippen LogP contribution in [0.1, 0.15) is 7.43 Å². The highest BCUT2D eigenvalue weighted by molar-refractivity contribution is 5.82. The Bertz CT molecular complexity index is 305. The number of nitrogens with two attached hydrogens (primary N) is 1. The Hall–Kier alpha value is -1.10. The highest BCUT2D eigenvalue weighted by Gasteiger charge is 2.03. The molecule has 9 heteroatoms. The smallest absolute Gasteiger partial charge is 0.246 e. The van der Waals surface area contributed by atoms with Crippen molar-refractivity contribution >= 4 is 11.7 Å². The summed E-state index contributed by atoms with van der Waals surface area (Å²) in [7, 11) is 1.87. The number of carbonyl (C=O) groups is 2. The molecular weight excluding hydrogens is 318 g/mol. The van der Waals surface area contributed by atoms with Gasteiger partial charge in [-0.15, -0.1) is 0 Å². The zero-order valence-corrected chi connectivity index (χ0v) is 13.8. The Kier molecular flexibility index (Phi) is 20.9. The third-order valence-corrected chi connectivity index (χ3v) is 2.53. The van der Waals surface area contributed by atoms with Crippen LogP contribution in [-0.2, 0) is 28.5 Å². The van der Waals surface area contributed by atoms with Crippen LogP contribution in [0.3, 0.4) is 0 Å². The van der Waals surface area contributed by atoms with E-state index in [2.05, 4.69) is 10.6 Å². The van der Waals surface area contributed by atoms with Crippen molar-refractivity contribution in [3.05, 3.63) is 0 Å². The van der Waals surface area contributed by atoms with E-state index in [1.165, 1.54) is 0 Å². The maximum atomic E-state index is 11.3. The molecule has 0 atom stereocenters. The molecule has 0 aromatic heterocycles. The summed E-state index contributed by atoms with van der Waals surface area (Å²) < 4.78 is 20.8. The lowest BCUT2D eigenvalue weighted by Crippen LogP contribution is -2.32. The zero-order chi connectivity index (χ0) is 17.2. The molecule has 0 radical (unpaired) electrons. The first kappa shape index (κ1) is 25.1. The molecule has 0 heterocycles. The molecule has 144 valence electrons. The maximum Gasteiger partial charge on any atom is 0.246 e. The summed E-state index contributed by atoms with van der Waals surface area (Å²) in [6, 6.07) is 0. The number of hydrogen-bond donors (Lipinski definition) is 3. The zero-order valence-electron chi connectivity index (χ0n) is 13.8. The van der Waals surface area contributed by atoms with Crippen LogP contribution in [0.2, 0.25) is 0 Å². The standard InChI is InChI=1S/C14H29N3O6.CH4/c1-16-2-4-20-6-8-22-9-7-21-5-3-17-14(19)12-23-11-13(18)10-15;/h16H,2-12,15H2,1H3,(H,17,19);1H4. The fourth-order valence-electron chi connectivity index (χ4n) is 1.35. The number of nitrogens with one attached hydrogen (secondary N) is 2. The van der Waals surface area contributed by atoms with E-state index < -0.39 is 0 Å². The number of hydrogen-bond acceptors (Lipinski definition) is 8. The van der Waals surface area contributed by atoms with E-state index in [0.29, 0.717) is 46.2 Å². The summed E-state index contributed by atoms with van der Waals surface area (Å²) in [6.45, 7) is 3.88. The van der Waals surface area contributed by atoms with Gasteiger partial charge in [0.1, 0.15) is 13.2 Å². The largest absolute Gasteiger partial charge is 0.378 e. The van der Waals surface area contributed by atoms with Gasteiger partial charge in [0.25, 0.3) is 0 Å². The second-order valence-corrected chi connectivity index (χ2v) is 4.53.